The number of amides is 1. The van der Waals surface area contributed by atoms with E-state index in [0.717, 1.165) is 3.57 Å². The molecule has 0 saturated carbocycles. The van der Waals surface area contributed by atoms with Gasteiger partial charge in [-0.1, -0.05) is 16.7 Å². The lowest BCUT2D eigenvalue weighted by Crippen LogP contribution is -2.34. The molecule has 0 fully saturated rings. The standard InChI is InChI=1S/C11H10ClIN6OS/c1-2-19-17-10(16-18-19)15-11(21)14-9(20)7-5-6(13)3-4-8(7)12/h3-5H,2H2,1H3,(H2,14,15,17,20,21). The van der Waals surface area contributed by atoms with Crippen molar-refractivity contribution in [1.29, 1.82) is 0 Å². The van der Waals surface area contributed by atoms with Gasteiger partial charge >= 0.3 is 0 Å². The summed E-state index contributed by atoms with van der Waals surface area (Å²) in [6.45, 7) is 2.47. The van der Waals surface area contributed by atoms with Gasteiger partial charge < -0.3 is 0 Å². The Kier molecular flexibility index (Phi) is 5.42. The largest absolute Gasteiger partial charge is 0.299 e. The molecule has 1 amide bonds. The van der Waals surface area contributed by atoms with E-state index in [0.29, 0.717) is 17.1 Å². The molecule has 1 aromatic heterocycles. The van der Waals surface area contributed by atoms with Crippen molar-refractivity contribution >= 4 is 63.4 Å². The molecule has 0 unspecified atom stereocenters. The molecule has 2 aromatic rings. The second-order valence-corrected chi connectivity index (χ2v) is 5.90. The Labute approximate surface area is 144 Å². The van der Waals surface area contributed by atoms with Gasteiger partial charge in [-0.15, -0.1) is 5.10 Å². The fourth-order valence-corrected chi connectivity index (χ4v) is 2.28. The van der Waals surface area contributed by atoms with Gasteiger partial charge in [0.15, 0.2) is 5.11 Å². The lowest BCUT2D eigenvalue weighted by molar-refractivity contribution is 0.0978. The summed E-state index contributed by atoms with van der Waals surface area (Å²) in [5.74, 6) is -0.185. The molecule has 2 N–H and O–H groups in total. The topological polar surface area (TPSA) is 84.7 Å². The van der Waals surface area contributed by atoms with Gasteiger partial charge in [0.1, 0.15) is 0 Å². The molecule has 1 heterocycles. The third-order valence-electron chi connectivity index (χ3n) is 2.36. The summed E-state index contributed by atoms with van der Waals surface area (Å²) in [6.07, 6.45) is 0. The maximum atomic E-state index is 12.1. The zero-order chi connectivity index (χ0) is 15.4. The summed E-state index contributed by atoms with van der Waals surface area (Å²) in [5, 5.41) is 17.1. The molecular weight excluding hydrogens is 427 g/mol. The Bertz CT molecular complexity index is 691. The van der Waals surface area contributed by atoms with Gasteiger partial charge in [0.05, 0.1) is 17.1 Å². The molecule has 21 heavy (non-hydrogen) atoms. The van der Waals surface area contributed by atoms with Crippen molar-refractivity contribution in [2.24, 2.45) is 0 Å². The van der Waals surface area contributed by atoms with Crippen LogP contribution in [0.1, 0.15) is 17.3 Å². The van der Waals surface area contributed by atoms with E-state index in [1.807, 2.05) is 13.0 Å². The molecule has 110 valence electrons. The van der Waals surface area contributed by atoms with Crippen molar-refractivity contribution in [1.82, 2.24) is 25.5 Å². The van der Waals surface area contributed by atoms with E-state index in [1.54, 1.807) is 12.1 Å². The summed E-state index contributed by atoms with van der Waals surface area (Å²) in [4.78, 5) is 13.5. The monoisotopic (exact) mass is 436 g/mol. The predicted molar refractivity (Wildman–Crippen MR) is 91.3 cm³/mol. The molecule has 0 aliphatic rings. The van der Waals surface area contributed by atoms with E-state index in [2.05, 4.69) is 48.6 Å². The number of thiocarbonyl (C=S) groups is 1. The summed E-state index contributed by atoms with van der Waals surface area (Å²) in [7, 11) is 0. The first kappa shape index (κ1) is 16.0. The highest BCUT2D eigenvalue weighted by atomic mass is 127. The van der Waals surface area contributed by atoms with Crippen LogP contribution >= 0.6 is 46.4 Å². The van der Waals surface area contributed by atoms with Crippen LogP contribution < -0.4 is 10.6 Å². The summed E-state index contributed by atoms with van der Waals surface area (Å²) < 4.78 is 0.897. The average molecular weight is 437 g/mol. The summed E-state index contributed by atoms with van der Waals surface area (Å²) in [5.41, 5.74) is 0.345. The average Bonchev–Trinajstić information content (AvgIpc) is 2.88. The lowest BCUT2D eigenvalue weighted by Gasteiger charge is -2.08. The fraction of sp³-hybridized carbons (Fsp3) is 0.182. The Morgan fingerprint density at radius 2 is 2.29 bits per heavy atom. The molecule has 0 spiro atoms. The highest BCUT2D eigenvalue weighted by Crippen LogP contribution is 2.18. The smallest absolute Gasteiger partial charge is 0.269 e. The number of aryl methyl sites for hydroxylation is 1. The van der Waals surface area contributed by atoms with Gasteiger partial charge in [-0.3, -0.25) is 15.4 Å². The number of nitrogens with one attached hydrogen (secondary N) is 2. The minimum absolute atomic E-state index is 0.0746. The highest BCUT2D eigenvalue weighted by Gasteiger charge is 2.13. The van der Waals surface area contributed by atoms with Gasteiger partial charge in [-0.2, -0.15) is 4.80 Å². The number of rotatable bonds is 3. The van der Waals surface area contributed by atoms with Crippen molar-refractivity contribution in [3.8, 4) is 0 Å². The molecule has 7 nitrogen and oxygen atoms in total. The second-order valence-electron chi connectivity index (χ2n) is 3.83. The molecule has 1 aromatic carbocycles. The number of carbonyl (C=O) groups is 1. The van der Waals surface area contributed by atoms with Gasteiger partial charge in [0.25, 0.3) is 11.9 Å². The van der Waals surface area contributed by atoms with E-state index in [1.165, 1.54) is 4.80 Å². The first-order valence-corrected chi connectivity index (χ1v) is 7.71. The lowest BCUT2D eigenvalue weighted by atomic mass is 10.2. The van der Waals surface area contributed by atoms with Crippen LogP contribution in [0, 0.1) is 3.57 Å². The Hall–Kier alpha value is -1.33. The fourth-order valence-electron chi connectivity index (χ4n) is 1.40. The summed E-state index contributed by atoms with van der Waals surface area (Å²) in [6, 6.07) is 5.14. The molecule has 10 heteroatoms. The number of tetrazole rings is 1. The molecule has 0 atom stereocenters. The van der Waals surface area contributed by atoms with Gasteiger partial charge in [-0.25, -0.2) is 0 Å². The predicted octanol–water partition coefficient (Wildman–Crippen LogP) is 2.08. The van der Waals surface area contributed by atoms with Crippen LogP contribution in [-0.4, -0.2) is 31.2 Å². The van der Waals surface area contributed by atoms with Crippen LogP contribution in [0.2, 0.25) is 5.02 Å². The number of hydrogen-bond acceptors (Lipinski definition) is 5. The molecule has 0 aliphatic carbocycles. The van der Waals surface area contributed by atoms with Crippen LogP contribution in [-0.2, 0) is 6.54 Å². The van der Waals surface area contributed by atoms with E-state index >= 15 is 0 Å². The van der Waals surface area contributed by atoms with E-state index in [4.69, 9.17) is 23.8 Å². The zero-order valence-corrected chi connectivity index (χ0v) is 14.5. The summed E-state index contributed by atoms with van der Waals surface area (Å²) >= 11 is 13.1. The third kappa shape index (κ3) is 4.32. The maximum Gasteiger partial charge on any atom is 0.269 e. The number of anilines is 1. The highest BCUT2D eigenvalue weighted by molar-refractivity contribution is 14.1. The number of aromatic nitrogens is 4. The minimum atomic E-state index is -0.404. The van der Waals surface area contributed by atoms with Crippen LogP contribution in [0.25, 0.3) is 0 Å². The quantitative estimate of drug-likeness (QED) is 0.566. The molecule has 0 radical (unpaired) electrons. The molecule has 0 bridgehead atoms. The molecule has 0 aliphatic heterocycles. The van der Waals surface area contributed by atoms with E-state index in [9.17, 15) is 4.79 Å². The molecule has 0 saturated heterocycles. The Morgan fingerprint density at radius 3 is 2.95 bits per heavy atom. The Morgan fingerprint density at radius 1 is 1.52 bits per heavy atom. The number of carbonyl (C=O) groups excluding carboxylic acids is 1. The maximum absolute atomic E-state index is 12.1. The van der Waals surface area contributed by atoms with Crippen LogP contribution in [0.3, 0.4) is 0 Å². The van der Waals surface area contributed by atoms with E-state index < -0.39 is 5.91 Å². The number of hydrogen-bond donors (Lipinski definition) is 2. The van der Waals surface area contributed by atoms with Crippen LogP contribution in [0.5, 0.6) is 0 Å². The SMILES string of the molecule is CCn1nnc(NC(=S)NC(=O)c2cc(I)ccc2Cl)n1. The Balaban J connectivity index is 2.02. The first-order chi connectivity index (χ1) is 9.99. The van der Waals surface area contributed by atoms with Crippen LogP contribution in [0.4, 0.5) is 5.95 Å². The third-order valence-corrected chi connectivity index (χ3v) is 3.57. The van der Waals surface area contributed by atoms with Gasteiger partial charge in [-0.05, 0) is 65.1 Å². The number of benzene rings is 1. The number of nitrogens with zero attached hydrogens (tertiary/aromatic N) is 4. The minimum Gasteiger partial charge on any atom is -0.299 e. The van der Waals surface area contributed by atoms with Gasteiger partial charge in [0.2, 0.25) is 0 Å². The second kappa shape index (κ2) is 7.09. The molecule has 2 rings (SSSR count). The van der Waals surface area contributed by atoms with Crippen LogP contribution in [0.15, 0.2) is 18.2 Å². The van der Waals surface area contributed by atoms with Crippen molar-refractivity contribution in [2.75, 3.05) is 5.32 Å². The zero-order valence-electron chi connectivity index (χ0n) is 10.8. The first-order valence-electron chi connectivity index (χ1n) is 5.84. The molecular formula is C11H10ClIN6OS. The number of halogens is 2. The normalized spacial score (nSPS) is 10.2. The van der Waals surface area contributed by atoms with Crippen molar-refractivity contribution in [3.63, 3.8) is 0 Å². The van der Waals surface area contributed by atoms with Crippen molar-refractivity contribution in [2.45, 2.75) is 13.5 Å². The van der Waals surface area contributed by atoms with E-state index in [-0.39, 0.29) is 11.1 Å². The van der Waals surface area contributed by atoms with Crippen molar-refractivity contribution in [3.05, 3.63) is 32.4 Å². The van der Waals surface area contributed by atoms with Gasteiger partial charge in [0, 0.05) is 3.57 Å². The van der Waals surface area contributed by atoms with Crippen molar-refractivity contribution < 1.29 is 4.79 Å².